The van der Waals surface area contributed by atoms with Crippen LogP contribution in [0.15, 0.2) is 24.3 Å². The van der Waals surface area contributed by atoms with Crippen molar-refractivity contribution in [2.24, 2.45) is 0 Å². The van der Waals surface area contributed by atoms with Crippen LogP contribution in [-0.4, -0.2) is 25.6 Å². The molecule has 0 atom stereocenters. The standard InChI is InChI=1S/C26H46N2O2/c1-3-5-6-7-8-9-10-11-12-13-14-15-16-17-21-27-23-26(29)28-24-19-18-20-25(22-24)30-4-2/h18-20,22,27H,3-17,21,23H2,1-2H3,(H,28,29). The van der Waals surface area contributed by atoms with E-state index in [-0.39, 0.29) is 5.91 Å². The van der Waals surface area contributed by atoms with Crippen LogP contribution in [0.4, 0.5) is 5.69 Å². The van der Waals surface area contributed by atoms with Crippen molar-refractivity contribution in [1.82, 2.24) is 5.32 Å². The molecule has 4 heteroatoms. The van der Waals surface area contributed by atoms with Crippen molar-refractivity contribution < 1.29 is 9.53 Å². The highest BCUT2D eigenvalue weighted by Gasteiger charge is 2.03. The summed E-state index contributed by atoms with van der Waals surface area (Å²) in [6, 6.07) is 7.53. The van der Waals surface area contributed by atoms with E-state index in [9.17, 15) is 4.79 Å². The first-order valence-corrected chi connectivity index (χ1v) is 12.5. The van der Waals surface area contributed by atoms with Gasteiger partial charge in [0.2, 0.25) is 5.91 Å². The van der Waals surface area contributed by atoms with Crippen molar-refractivity contribution in [3.05, 3.63) is 24.3 Å². The maximum Gasteiger partial charge on any atom is 0.238 e. The van der Waals surface area contributed by atoms with Gasteiger partial charge in [-0.15, -0.1) is 0 Å². The molecule has 0 bridgehead atoms. The van der Waals surface area contributed by atoms with Gasteiger partial charge in [0.05, 0.1) is 13.2 Å². The third-order valence-electron chi connectivity index (χ3n) is 5.42. The number of anilines is 1. The highest BCUT2D eigenvalue weighted by atomic mass is 16.5. The predicted molar refractivity (Wildman–Crippen MR) is 129 cm³/mol. The maximum atomic E-state index is 12.0. The van der Waals surface area contributed by atoms with Gasteiger partial charge in [0.1, 0.15) is 5.75 Å². The van der Waals surface area contributed by atoms with Gasteiger partial charge < -0.3 is 15.4 Å². The lowest BCUT2D eigenvalue weighted by atomic mass is 10.0. The van der Waals surface area contributed by atoms with Crippen LogP contribution < -0.4 is 15.4 Å². The molecule has 172 valence electrons. The monoisotopic (exact) mass is 418 g/mol. The summed E-state index contributed by atoms with van der Waals surface area (Å²) >= 11 is 0. The molecule has 1 aromatic carbocycles. The summed E-state index contributed by atoms with van der Waals surface area (Å²) in [6.45, 7) is 6.12. The minimum Gasteiger partial charge on any atom is -0.494 e. The van der Waals surface area contributed by atoms with E-state index in [4.69, 9.17) is 4.74 Å². The number of benzene rings is 1. The molecule has 2 N–H and O–H groups in total. The molecule has 0 aromatic heterocycles. The number of carbonyl (C=O) groups is 1. The number of rotatable bonds is 20. The molecular formula is C26H46N2O2. The Morgan fingerprint density at radius 1 is 0.800 bits per heavy atom. The first-order chi connectivity index (χ1) is 14.8. The van der Waals surface area contributed by atoms with Crippen LogP contribution in [0.3, 0.4) is 0 Å². The molecule has 0 heterocycles. The summed E-state index contributed by atoms with van der Waals surface area (Å²) < 4.78 is 5.46. The molecule has 0 aliphatic carbocycles. The number of carbonyl (C=O) groups excluding carboxylic acids is 1. The third kappa shape index (κ3) is 15.3. The van der Waals surface area contributed by atoms with Crippen LogP contribution in [0.1, 0.15) is 104 Å². The highest BCUT2D eigenvalue weighted by molar-refractivity contribution is 5.92. The Labute approximate surface area is 185 Å². The molecule has 0 radical (unpaired) electrons. The van der Waals surface area contributed by atoms with Crippen LogP contribution in [-0.2, 0) is 4.79 Å². The van der Waals surface area contributed by atoms with Gasteiger partial charge in [0.25, 0.3) is 0 Å². The van der Waals surface area contributed by atoms with Gasteiger partial charge in [-0.2, -0.15) is 0 Å². The second-order valence-electron chi connectivity index (χ2n) is 8.28. The van der Waals surface area contributed by atoms with E-state index in [0.29, 0.717) is 13.2 Å². The van der Waals surface area contributed by atoms with Gasteiger partial charge >= 0.3 is 0 Å². The quantitative estimate of drug-likeness (QED) is 0.222. The second kappa shape index (κ2) is 19.4. The minimum absolute atomic E-state index is 0.00554. The fourth-order valence-electron chi connectivity index (χ4n) is 3.68. The molecule has 0 saturated carbocycles. The number of amides is 1. The second-order valence-corrected chi connectivity index (χ2v) is 8.28. The first-order valence-electron chi connectivity index (χ1n) is 12.5. The van der Waals surface area contributed by atoms with Crippen LogP contribution in [0, 0.1) is 0 Å². The average Bonchev–Trinajstić information content (AvgIpc) is 2.74. The summed E-state index contributed by atoms with van der Waals surface area (Å²) in [5.41, 5.74) is 0.782. The van der Waals surface area contributed by atoms with Crippen LogP contribution in [0.25, 0.3) is 0 Å². The van der Waals surface area contributed by atoms with Crippen LogP contribution >= 0.6 is 0 Å². The van der Waals surface area contributed by atoms with Gasteiger partial charge in [-0.3, -0.25) is 4.79 Å². The molecule has 0 fully saturated rings. The van der Waals surface area contributed by atoms with Crippen molar-refractivity contribution in [2.75, 3.05) is 25.0 Å². The fourth-order valence-corrected chi connectivity index (χ4v) is 3.68. The third-order valence-corrected chi connectivity index (χ3v) is 5.42. The van der Waals surface area contributed by atoms with E-state index in [1.165, 1.54) is 83.5 Å². The Hall–Kier alpha value is -1.55. The molecule has 30 heavy (non-hydrogen) atoms. The molecule has 1 amide bonds. The summed E-state index contributed by atoms with van der Waals surface area (Å²) in [5.74, 6) is 0.777. The van der Waals surface area contributed by atoms with E-state index in [1.807, 2.05) is 31.2 Å². The largest absolute Gasteiger partial charge is 0.494 e. The maximum absolute atomic E-state index is 12.0. The average molecular weight is 419 g/mol. The molecule has 1 aromatic rings. The van der Waals surface area contributed by atoms with Gasteiger partial charge in [0.15, 0.2) is 0 Å². The number of ether oxygens (including phenoxy) is 1. The molecule has 0 unspecified atom stereocenters. The van der Waals surface area contributed by atoms with Crippen molar-refractivity contribution in [1.29, 1.82) is 0 Å². The molecule has 0 saturated heterocycles. The van der Waals surface area contributed by atoms with E-state index in [0.717, 1.165) is 24.4 Å². The lowest BCUT2D eigenvalue weighted by molar-refractivity contribution is -0.115. The van der Waals surface area contributed by atoms with Gasteiger partial charge in [-0.05, 0) is 32.0 Å². The molecule has 4 nitrogen and oxygen atoms in total. The fraction of sp³-hybridized carbons (Fsp3) is 0.731. The summed E-state index contributed by atoms with van der Waals surface area (Å²) in [7, 11) is 0. The van der Waals surface area contributed by atoms with E-state index in [2.05, 4.69) is 17.6 Å². The minimum atomic E-state index is -0.00554. The number of hydrogen-bond donors (Lipinski definition) is 2. The van der Waals surface area contributed by atoms with Crippen LogP contribution in [0.2, 0.25) is 0 Å². The SMILES string of the molecule is CCCCCCCCCCCCCCCCNCC(=O)Nc1cccc(OCC)c1. The molecule has 1 rings (SSSR count). The summed E-state index contributed by atoms with van der Waals surface area (Å²) in [5, 5.41) is 6.16. The first kappa shape index (κ1) is 26.5. The van der Waals surface area contributed by atoms with Crippen molar-refractivity contribution >= 4 is 11.6 Å². The lowest BCUT2D eigenvalue weighted by Crippen LogP contribution is -2.28. The Kier molecular flexibility index (Phi) is 17.1. The van der Waals surface area contributed by atoms with E-state index < -0.39 is 0 Å². The number of unbranched alkanes of at least 4 members (excludes halogenated alkanes) is 13. The number of hydrogen-bond acceptors (Lipinski definition) is 3. The van der Waals surface area contributed by atoms with Gasteiger partial charge in [-0.1, -0.05) is 96.5 Å². The summed E-state index contributed by atoms with van der Waals surface area (Å²) in [4.78, 5) is 12.0. The Balaban J connectivity index is 1.86. The lowest BCUT2D eigenvalue weighted by Gasteiger charge is -2.09. The molecular weight excluding hydrogens is 372 g/mol. The van der Waals surface area contributed by atoms with E-state index >= 15 is 0 Å². The molecule has 0 aliphatic rings. The zero-order valence-corrected chi connectivity index (χ0v) is 19.6. The molecule has 0 aliphatic heterocycles. The van der Waals surface area contributed by atoms with Crippen molar-refractivity contribution in [3.8, 4) is 5.75 Å². The Morgan fingerprint density at radius 2 is 1.37 bits per heavy atom. The van der Waals surface area contributed by atoms with Crippen molar-refractivity contribution in [2.45, 2.75) is 104 Å². The predicted octanol–water partition coefficient (Wildman–Crippen LogP) is 7.09. The zero-order valence-electron chi connectivity index (χ0n) is 19.6. The van der Waals surface area contributed by atoms with Crippen molar-refractivity contribution in [3.63, 3.8) is 0 Å². The van der Waals surface area contributed by atoms with E-state index in [1.54, 1.807) is 0 Å². The Bertz CT molecular complexity index is 534. The Morgan fingerprint density at radius 3 is 1.93 bits per heavy atom. The zero-order chi connectivity index (χ0) is 21.7. The van der Waals surface area contributed by atoms with Gasteiger partial charge in [-0.25, -0.2) is 0 Å². The normalized spacial score (nSPS) is 10.9. The smallest absolute Gasteiger partial charge is 0.238 e. The number of nitrogens with one attached hydrogen (secondary N) is 2. The van der Waals surface area contributed by atoms with Gasteiger partial charge in [0, 0.05) is 11.8 Å². The molecule has 0 spiro atoms. The highest BCUT2D eigenvalue weighted by Crippen LogP contribution is 2.17. The van der Waals surface area contributed by atoms with Crippen LogP contribution in [0.5, 0.6) is 5.75 Å². The summed E-state index contributed by atoms with van der Waals surface area (Å²) in [6.07, 6.45) is 19.2. The topological polar surface area (TPSA) is 50.4 Å².